The quantitative estimate of drug-likeness (QED) is 0.318. The molecule has 0 aromatic heterocycles. The average molecular weight is 284 g/mol. The molecule has 0 aliphatic carbocycles. The first-order chi connectivity index (χ1) is 9.17. The molecular formula is C14H24N2O2S. The summed E-state index contributed by atoms with van der Waals surface area (Å²) in [6, 6.07) is 5.81. The maximum atomic E-state index is 9.31. The molecule has 1 unspecified atom stereocenters. The minimum Gasteiger partial charge on any atom is -0.399 e. The van der Waals surface area contributed by atoms with Crippen LogP contribution in [0.2, 0.25) is 0 Å². The Balaban J connectivity index is 2.55. The summed E-state index contributed by atoms with van der Waals surface area (Å²) >= 11 is 1.80. The molecule has 108 valence electrons. The van der Waals surface area contributed by atoms with Gasteiger partial charge in [0.2, 0.25) is 0 Å². The van der Waals surface area contributed by atoms with Crippen LogP contribution in [-0.2, 0) is 0 Å². The minimum absolute atomic E-state index is 0.193. The Morgan fingerprint density at radius 1 is 1.42 bits per heavy atom. The summed E-state index contributed by atoms with van der Waals surface area (Å²) in [6.07, 6.45) is 2.24. The summed E-state index contributed by atoms with van der Waals surface area (Å²) in [4.78, 5) is 1.15. The van der Waals surface area contributed by atoms with E-state index in [0.29, 0.717) is 13.0 Å². The van der Waals surface area contributed by atoms with Crippen molar-refractivity contribution in [1.29, 1.82) is 0 Å². The van der Waals surface area contributed by atoms with Crippen LogP contribution in [0.15, 0.2) is 23.1 Å². The third-order valence-electron chi connectivity index (χ3n) is 2.76. The van der Waals surface area contributed by atoms with Gasteiger partial charge in [-0.05, 0) is 36.8 Å². The van der Waals surface area contributed by atoms with Gasteiger partial charge in [-0.2, -0.15) is 0 Å². The molecular weight excluding hydrogens is 260 g/mol. The number of nitrogen functional groups attached to an aromatic ring is 1. The number of anilines is 2. The van der Waals surface area contributed by atoms with Gasteiger partial charge in [0.1, 0.15) is 0 Å². The summed E-state index contributed by atoms with van der Waals surface area (Å²) in [7, 11) is 0. The van der Waals surface area contributed by atoms with Gasteiger partial charge in [0.25, 0.3) is 0 Å². The van der Waals surface area contributed by atoms with Crippen LogP contribution in [0.5, 0.6) is 0 Å². The van der Waals surface area contributed by atoms with Gasteiger partial charge in [-0.3, -0.25) is 0 Å². The molecule has 19 heavy (non-hydrogen) atoms. The van der Waals surface area contributed by atoms with Crippen molar-refractivity contribution in [3.8, 4) is 0 Å². The van der Waals surface area contributed by atoms with E-state index < -0.39 is 6.10 Å². The first kappa shape index (κ1) is 16.1. The molecule has 1 aromatic carbocycles. The van der Waals surface area contributed by atoms with Crippen molar-refractivity contribution in [3.63, 3.8) is 0 Å². The lowest BCUT2D eigenvalue weighted by Crippen LogP contribution is -2.17. The SMILES string of the molecule is CCCCSc1cc(N)ccc1NCCC(O)CO. The molecule has 0 radical (unpaired) electrons. The number of aliphatic hydroxyl groups excluding tert-OH is 2. The van der Waals surface area contributed by atoms with E-state index in [1.165, 1.54) is 12.8 Å². The molecule has 0 fully saturated rings. The fourth-order valence-corrected chi connectivity index (χ4v) is 2.76. The molecule has 4 nitrogen and oxygen atoms in total. The van der Waals surface area contributed by atoms with Crippen molar-refractivity contribution < 1.29 is 10.2 Å². The molecule has 1 atom stereocenters. The van der Waals surface area contributed by atoms with Crippen LogP contribution in [-0.4, -0.2) is 35.2 Å². The van der Waals surface area contributed by atoms with E-state index in [9.17, 15) is 5.11 Å². The number of benzene rings is 1. The smallest absolute Gasteiger partial charge is 0.0787 e. The zero-order chi connectivity index (χ0) is 14.1. The summed E-state index contributed by atoms with van der Waals surface area (Å²) in [5.74, 6) is 1.08. The zero-order valence-electron chi connectivity index (χ0n) is 11.4. The lowest BCUT2D eigenvalue weighted by Gasteiger charge is -2.13. The maximum absolute atomic E-state index is 9.31. The number of aliphatic hydroxyl groups is 2. The lowest BCUT2D eigenvalue weighted by atomic mass is 10.2. The second kappa shape index (κ2) is 9.07. The Kier molecular flexibility index (Phi) is 7.70. The Morgan fingerprint density at radius 2 is 2.21 bits per heavy atom. The normalized spacial score (nSPS) is 12.4. The zero-order valence-corrected chi connectivity index (χ0v) is 12.2. The minimum atomic E-state index is -0.655. The number of nitrogens with two attached hydrogens (primary N) is 1. The summed E-state index contributed by atoms with van der Waals surface area (Å²) < 4.78 is 0. The molecule has 1 rings (SSSR count). The van der Waals surface area contributed by atoms with Crippen molar-refractivity contribution in [1.82, 2.24) is 0 Å². The lowest BCUT2D eigenvalue weighted by molar-refractivity contribution is 0.0911. The molecule has 0 saturated carbocycles. The summed E-state index contributed by atoms with van der Waals surface area (Å²) in [5.41, 5.74) is 7.62. The molecule has 5 N–H and O–H groups in total. The number of thioether (sulfide) groups is 1. The molecule has 5 heteroatoms. The molecule has 0 amide bonds. The van der Waals surface area contributed by atoms with Crippen LogP contribution >= 0.6 is 11.8 Å². The number of nitrogens with one attached hydrogen (secondary N) is 1. The number of hydrogen-bond acceptors (Lipinski definition) is 5. The largest absolute Gasteiger partial charge is 0.399 e. The predicted molar refractivity (Wildman–Crippen MR) is 82.7 cm³/mol. The maximum Gasteiger partial charge on any atom is 0.0787 e. The van der Waals surface area contributed by atoms with Gasteiger partial charge in [-0.25, -0.2) is 0 Å². The van der Waals surface area contributed by atoms with Gasteiger partial charge in [0.15, 0.2) is 0 Å². The second-order valence-electron chi connectivity index (χ2n) is 4.51. The van der Waals surface area contributed by atoms with Gasteiger partial charge in [0, 0.05) is 22.8 Å². The van der Waals surface area contributed by atoms with Crippen LogP contribution in [0.1, 0.15) is 26.2 Å². The van der Waals surface area contributed by atoms with Crippen molar-refractivity contribution in [2.45, 2.75) is 37.2 Å². The Morgan fingerprint density at radius 3 is 2.89 bits per heavy atom. The number of hydrogen-bond donors (Lipinski definition) is 4. The number of unbranched alkanes of at least 4 members (excludes halogenated alkanes) is 1. The number of rotatable bonds is 9. The monoisotopic (exact) mass is 284 g/mol. The molecule has 0 aliphatic rings. The topological polar surface area (TPSA) is 78.5 Å². The van der Waals surface area contributed by atoms with Gasteiger partial charge < -0.3 is 21.3 Å². The Labute approximate surface area is 119 Å². The van der Waals surface area contributed by atoms with Gasteiger partial charge >= 0.3 is 0 Å². The van der Waals surface area contributed by atoms with E-state index >= 15 is 0 Å². The van der Waals surface area contributed by atoms with Crippen molar-refractivity contribution in [2.24, 2.45) is 0 Å². The summed E-state index contributed by atoms with van der Waals surface area (Å²) in [5, 5.41) is 21.4. The van der Waals surface area contributed by atoms with Crippen LogP contribution in [0, 0.1) is 0 Å². The standard InChI is InChI=1S/C14H24N2O2S/c1-2-3-8-19-14-9-11(15)4-5-13(14)16-7-6-12(18)10-17/h4-5,9,12,16-18H,2-3,6-8,10,15H2,1H3. The molecule has 0 aliphatic heterocycles. The highest BCUT2D eigenvalue weighted by molar-refractivity contribution is 7.99. The molecule has 0 heterocycles. The van der Waals surface area contributed by atoms with Gasteiger partial charge in [-0.15, -0.1) is 11.8 Å². The van der Waals surface area contributed by atoms with Crippen molar-refractivity contribution in [3.05, 3.63) is 18.2 Å². The van der Waals surface area contributed by atoms with E-state index in [1.807, 2.05) is 18.2 Å². The Hall–Kier alpha value is -0.910. The van der Waals surface area contributed by atoms with E-state index in [1.54, 1.807) is 11.8 Å². The molecule has 1 aromatic rings. The highest BCUT2D eigenvalue weighted by Gasteiger charge is 2.05. The van der Waals surface area contributed by atoms with Crippen LogP contribution < -0.4 is 11.1 Å². The third kappa shape index (κ3) is 6.18. The van der Waals surface area contributed by atoms with E-state index in [-0.39, 0.29) is 6.61 Å². The molecule has 0 saturated heterocycles. The van der Waals surface area contributed by atoms with Crippen LogP contribution in [0.25, 0.3) is 0 Å². The fourth-order valence-electron chi connectivity index (χ4n) is 1.60. The van der Waals surface area contributed by atoms with Gasteiger partial charge in [0.05, 0.1) is 12.7 Å². The highest BCUT2D eigenvalue weighted by atomic mass is 32.2. The second-order valence-corrected chi connectivity index (χ2v) is 5.65. The van der Waals surface area contributed by atoms with E-state index in [0.717, 1.165) is 22.0 Å². The van der Waals surface area contributed by atoms with E-state index in [2.05, 4.69) is 12.2 Å². The van der Waals surface area contributed by atoms with Gasteiger partial charge in [-0.1, -0.05) is 13.3 Å². The summed E-state index contributed by atoms with van der Waals surface area (Å²) in [6.45, 7) is 2.61. The first-order valence-electron chi connectivity index (χ1n) is 6.72. The fraction of sp³-hybridized carbons (Fsp3) is 0.571. The third-order valence-corrected chi connectivity index (χ3v) is 3.91. The van der Waals surface area contributed by atoms with Crippen molar-refractivity contribution in [2.75, 3.05) is 30.0 Å². The van der Waals surface area contributed by atoms with Crippen molar-refractivity contribution >= 4 is 23.1 Å². The van der Waals surface area contributed by atoms with Crippen LogP contribution in [0.3, 0.4) is 0 Å². The first-order valence-corrected chi connectivity index (χ1v) is 7.71. The highest BCUT2D eigenvalue weighted by Crippen LogP contribution is 2.30. The Bertz CT molecular complexity index is 374. The van der Waals surface area contributed by atoms with Crippen LogP contribution in [0.4, 0.5) is 11.4 Å². The molecule has 0 bridgehead atoms. The average Bonchev–Trinajstić information content (AvgIpc) is 2.41. The predicted octanol–water partition coefficient (Wildman–Crippen LogP) is 2.32. The molecule has 0 spiro atoms. The van der Waals surface area contributed by atoms with E-state index in [4.69, 9.17) is 10.8 Å².